The Morgan fingerprint density at radius 1 is 1.58 bits per heavy atom. The van der Waals surface area contributed by atoms with Crippen molar-refractivity contribution in [3.8, 4) is 0 Å². The van der Waals surface area contributed by atoms with Crippen LogP contribution in [0.4, 0.5) is 11.6 Å². The molecule has 6 heteroatoms. The molecular formula is C6H7N5S. The molecule has 62 valence electrons. The van der Waals surface area contributed by atoms with Crippen molar-refractivity contribution in [1.29, 1.82) is 0 Å². The molecular weight excluding hydrogens is 174 g/mol. The summed E-state index contributed by atoms with van der Waals surface area (Å²) >= 11 is 1.41. The molecule has 0 saturated heterocycles. The van der Waals surface area contributed by atoms with Gasteiger partial charge in [-0.3, -0.25) is 0 Å². The highest BCUT2D eigenvalue weighted by atomic mass is 32.1. The second kappa shape index (κ2) is 2.90. The summed E-state index contributed by atoms with van der Waals surface area (Å²) in [6, 6.07) is 0. The van der Waals surface area contributed by atoms with Gasteiger partial charge in [-0.05, 0) is 18.5 Å². The summed E-state index contributed by atoms with van der Waals surface area (Å²) < 4.78 is 4.11. The van der Waals surface area contributed by atoms with Crippen LogP contribution in [0, 0.1) is 6.92 Å². The Labute approximate surface area is 73.0 Å². The van der Waals surface area contributed by atoms with Gasteiger partial charge in [-0.15, -0.1) is 0 Å². The molecule has 2 rings (SSSR count). The summed E-state index contributed by atoms with van der Waals surface area (Å²) in [5.74, 6) is 0.637. The Kier molecular flexibility index (Phi) is 1.75. The van der Waals surface area contributed by atoms with E-state index in [2.05, 4.69) is 24.9 Å². The Balaban J connectivity index is 2.20. The quantitative estimate of drug-likeness (QED) is 0.733. The maximum Gasteiger partial charge on any atom is 0.223 e. The average Bonchev–Trinajstić information content (AvgIpc) is 2.65. The van der Waals surface area contributed by atoms with E-state index in [1.54, 1.807) is 0 Å². The van der Waals surface area contributed by atoms with Crippen LogP contribution < -0.4 is 5.32 Å². The normalized spacial score (nSPS) is 10.1. The SMILES string of the molecule is Cc1nscc1Nc1ncn[nH]1. The number of nitrogens with zero attached hydrogens (tertiary/aromatic N) is 3. The number of rotatable bonds is 2. The second-order valence-electron chi connectivity index (χ2n) is 2.27. The second-order valence-corrected chi connectivity index (χ2v) is 2.90. The molecule has 0 unspecified atom stereocenters. The predicted molar refractivity (Wildman–Crippen MR) is 46.5 cm³/mol. The van der Waals surface area contributed by atoms with Crippen molar-refractivity contribution < 1.29 is 0 Å². The topological polar surface area (TPSA) is 66.5 Å². The molecule has 0 aliphatic carbocycles. The van der Waals surface area contributed by atoms with Crippen molar-refractivity contribution in [2.24, 2.45) is 0 Å². The first-order valence-electron chi connectivity index (χ1n) is 3.39. The fourth-order valence-corrected chi connectivity index (χ4v) is 1.45. The van der Waals surface area contributed by atoms with E-state index in [0.29, 0.717) is 5.95 Å². The number of H-pyrrole nitrogens is 1. The van der Waals surface area contributed by atoms with Gasteiger partial charge in [0.2, 0.25) is 5.95 Å². The lowest BCUT2D eigenvalue weighted by atomic mass is 10.4. The number of aromatic nitrogens is 4. The highest BCUT2D eigenvalue weighted by molar-refractivity contribution is 7.04. The summed E-state index contributed by atoms with van der Waals surface area (Å²) in [5.41, 5.74) is 1.94. The molecule has 0 amide bonds. The molecule has 0 bridgehead atoms. The van der Waals surface area contributed by atoms with Crippen LogP contribution in [0.15, 0.2) is 11.7 Å². The zero-order chi connectivity index (χ0) is 8.39. The molecule has 0 radical (unpaired) electrons. The Morgan fingerprint density at radius 3 is 3.08 bits per heavy atom. The molecule has 2 N–H and O–H groups in total. The van der Waals surface area contributed by atoms with E-state index in [1.807, 2.05) is 12.3 Å². The molecule has 5 nitrogen and oxygen atoms in total. The summed E-state index contributed by atoms with van der Waals surface area (Å²) in [6.07, 6.45) is 1.46. The first-order valence-corrected chi connectivity index (χ1v) is 4.23. The molecule has 2 aromatic rings. The average molecular weight is 181 g/mol. The fraction of sp³-hybridized carbons (Fsp3) is 0.167. The zero-order valence-corrected chi connectivity index (χ0v) is 7.22. The summed E-state index contributed by atoms with van der Waals surface area (Å²) in [4.78, 5) is 3.93. The van der Waals surface area contributed by atoms with Crippen molar-refractivity contribution in [1.82, 2.24) is 19.6 Å². The van der Waals surface area contributed by atoms with Gasteiger partial charge in [-0.25, -0.2) is 5.10 Å². The maximum atomic E-state index is 4.11. The number of anilines is 2. The van der Waals surface area contributed by atoms with E-state index < -0.39 is 0 Å². The first kappa shape index (κ1) is 7.23. The first-order chi connectivity index (χ1) is 5.86. The molecule has 0 aromatic carbocycles. The number of hydrogen-bond acceptors (Lipinski definition) is 5. The van der Waals surface area contributed by atoms with Gasteiger partial charge in [0.1, 0.15) is 6.33 Å². The monoisotopic (exact) mass is 181 g/mol. The predicted octanol–water partition coefficient (Wildman–Crippen LogP) is 1.31. The molecule has 12 heavy (non-hydrogen) atoms. The Hall–Kier alpha value is -1.43. The van der Waals surface area contributed by atoms with E-state index in [0.717, 1.165) is 11.4 Å². The lowest BCUT2D eigenvalue weighted by molar-refractivity contribution is 1.09. The van der Waals surface area contributed by atoms with E-state index >= 15 is 0 Å². The van der Waals surface area contributed by atoms with E-state index in [1.165, 1.54) is 17.9 Å². The van der Waals surface area contributed by atoms with Gasteiger partial charge in [0.25, 0.3) is 0 Å². The van der Waals surface area contributed by atoms with Crippen molar-refractivity contribution in [2.75, 3.05) is 5.32 Å². The zero-order valence-electron chi connectivity index (χ0n) is 6.40. The standard InChI is InChI=1S/C6H7N5S/c1-4-5(2-12-11-4)9-6-7-3-8-10-6/h2-3H,1H3,(H2,7,8,9,10). The number of aromatic amines is 1. The molecule has 0 fully saturated rings. The summed E-state index contributed by atoms with van der Waals surface area (Å²) in [7, 11) is 0. The smallest absolute Gasteiger partial charge is 0.223 e. The van der Waals surface area contributed by atoms with Crippen LogP contribution in [0.3, 0.4) is 0 Å². The minimum Gasteiger partial charge on any atom is -0.322 e. The fourth-order valence-electron chi connectivity index (χ4n) is 0.806. The van der Waals surface area contributed by atoms with Crippen LogP contribution >= 0.6 is 11.5 Å². The van der Waals surface area contributed by atoms with Crippen LogP contribution in [-0.4, -0.2) is 19.6 Å². The molecule has 0 atom stereocenters. The van der Waals surface area contributed by atoms with Crippen LogP contribution in [0.5, 0.6) is 0 Å². The number of hydrogen-bond donors (Lipinski definition) is 2. The van der Waals surface area contributed by atoms with Gasteiger partial charge < -0.3 is 5.32 Å². The molecule has 0 spiro atoms. The van der Waals surface area contributed by atoms with Crippen LogP contribution in [0.2, 0.25) is 0 Å². The Bertz CT molecular complexity index is 352. The van der Waals surface area contributed by atoms with E-state index in [9.17, 15) is 0 Å². The van der Waals surface area contributed by atoms with Crippen LogP contribution in [0.1, 0.15) is 5.69 Å². The lowest BCUT2D eigenvalue weighted by Gasteiger charge is -1.97. The van der Waals surface area contributed by atoms with Crippen LogP contribution in [0.25, 0.3) is 0 Å². The van der Waals surface area contributed by atoms with Gasteiger partial charge >= 0.3 is 0 Å². The lowest BCUT2D eigenvalue weighted by Crippen LogP contribution is -1.92. The van der Waals surface area contributed by atoms with Gasteiger partial charge in [-0.1, -0.05) is 0 Å². The minimum absolute atomic E-state index is 0.637. The van der Waals surface area contributed by atoms with Crippen molar-refractivity contribution in [3.63, 3.8) is 0 Å². The summed E-state index contributed by atoms with van der Waals surface area (Å²) in [5, 5.41) is 11.4. The van der Waals surface area contributed by atoms with Crippen molar-refractivity contribution >= 4 is 23.2 Å². The van der Waals surface area contributed by atoms with Gasteiger partial charge in [0, 0.05) is 5.38 Å². The Morgan fingerprint density at radius 2 is 2.50 bits per heavy atom. The van der Waals surface area contributed by atoms with Gasteiger partial charge in [0.05, 0.1) is 11.4 Å². The van der Waals surface area contributed by atoms with Gasteiger partial charge in [-0.2, -0.15) is 14.5 Å². The molecule has 2 aromatic heterocycles. The highest BCUT2D eigenvalue weighted by Gasteiger charge is 2.01. The van der Waals surface area contributed by atoms with Crippen molar-refractivity contribution in [3.05, 3.63) is 17.4 Å². The minimum atomic E-state index is 0.637. The third kappa shape index (κ3) is 1.28. The maximum absolute atomic E-state index is 4.11. The third-order valence-electron chi connectivity index (χ3n) is 1.42. The van der Waals surface area contributed by atoms with Crippen molar-refractivity contribution in [2.45, 2.75) is 6.92 Å². The van der Waals surface area contributed by atoms with E-state index in [4.69, 9.17) is 0 Å². The highest BCUT2D eigenvalue weighted by Crippen LogP contribution is 2.18. The van der Waals surface area contributed by atoms with Gasteiger partial charge in [0.15, 0.2) is 0 Å². The number of nitrogens with one attached hydrogen (secondary N) is 2. The van der Waals surface area contributed by atoms with Crippen LogP contribution in [-0.2, 0) is 0 Å². The molecule has 0 aliphatic heterocycles. The number of aryl methyl sites for hydroxylation is 1. The molecule has 0 saturated carbocycles. The third-order valence-corrected chi connectivity index (χ3v) is 2.14. The van der Waals surface area contributed by atoms with E-state index in [-0.39, 0.29) is 0 Å². The molecule has 0 aliphatic rings. The molecule has 2 heterocycles. The summed E-state index contributed by atoms with van der Waals surface area (Å²) in [6.45, 7) is 1.94. The largest absolute Gasteiger partial charge is 0.322 e.